The molecule has 10 heteroatoms. The predicted molar refractivity (Wildman–Crippen MR) is 87.4 cm³/mol. The van der Waals surface area contributed by atoms with Crippen LogP contribution in [0.4, 0.5) is 17.3 Å². The molecule has 0 radical (unpaired) electrons. The third kappa shape index (κ3) is 3.49. The van der Waals surface area contributed by atoms with Gasteiger partial charge in [-0.05, 0) is 31.2 Å². The van der Waals surface area contributed by atoms with E-state index in [2.05, 4.69) is 36.4 Å². The zero-order valence-electron chi connectivity index (χ0n) is 12.3. The lowest BCUT2D eigenvalue weighted by Gasteiger charge is -2.08. The van der Waals surface area contributed by atoms with Crippen LogP contribution in [-0.4, -0.2) is 20.0 Å². The van der Waals surface area contributed by atoms with E-state index in [1.165, 1.54) is 0 Å². The third-order valence-corrected chi connectivity index (χ3v) is 3.40. The van der Waals surface area contributed by atoms with Crippen LogP contribution in [0.5, 0.6) is 11.6 Å². The molecule has 1 aromatic carbocycles. The molecular formula is C14H10BrN5O4. The number of aryl methyl sites for hydroxylation is 1. The molecule has 2 heterocycles. The van der Waals surface area contributed by atoms with Crippen LogP contribution in [0.3, 0.4) is 0 Å². The molecule has 0 aliphatic rings. The smallest absolute Gasteiger partial charge is 0.373 e. The molecule has 0 saturated carbocycles. The minimum Gasteiger partial charge on any atom is -0.434 e. The van der Waals surface area contributed by atoms with E-state index in [1.807, 2.05) is 0 Å². The summed E-state index contributed by atoms with van der Waals surface area (Å²) in [6.07, 6.45) is 1.16. The molecule has 0 bridgehead atoms. The molecule has 0 aliphatic heterocycles. The van der Waals surface area contributed by atoms with Gasteiger partial charge in [-0.15, -0.1) is 0 Å². The molecule has 0 spiro atoms. The SMILES string of the molecule is Cc1cc(Nc2ncnc(Oc3ccc(Br)cc3)c2[N+](=O)[O-])no1. The van der Waals surface area contributed by atoms with E-state index < -0.39 is 10.6 Å². The first-order chi connectivity index (χ1) is 11.5. The average molecular weight is 392 g/mol. The van der Waals surface area contributed by atoms with Gasteiger partial charge in [0, 0.05) is 10.5 Å². The number of anilines is 2. The summed E-state index contributed by atoms with van der Waals surface area (Å²) in [5.74, 6) is 1.03. The Morgan fingerprint density at radius 1 is 1.29 bits per heavy atom. The zero-order valence-corrected chi connectivity index (χ0v) is 13.8. The van der Waals surface area contributed by atoms with Crippen molar-refractivity contribution in [2.45, 2.75) is 6.92 Å². The molecule has 0 fully saturated rings. The van der Waals surface area contributed by atoms with Crippen molar-refractivity contribution in [3.8, 4) is 11.6 Å². The summed E-state index contributed by atoms with van der Waals surface area (Å²) in [5, 5.41) is 17.9. The molecule has 0 aliphatic carbocycles. The number of halogens is 1. The van der Waals surface area contributed by atoms with Crippen molar-refractivity contribution in [2.75, 3.05) is 5.32 Å². The van der Waals surface area contributed by atoms with Crippen molar-refractivity contribution in [1.29, 1.82) is 0 Å². The second kappa shape index (κ2) is 6.62. The van der Waals surface area contributed by atoms with E-state index in [4.69, 9.17) is 9.26 Å². The van der Waals surface area contributed by atoms with E-state index in [0.717, 1.165) is 10.8 Å². The number of nitro groups is 1. The van der Waals surface area contributed by atoms with Gasteiger partial charge in [0.1, 0.15) is 17.8 Å². The monoisotopic (exact) mass is 391 g/mol. The Kier molecular flexibility index (Phi) is 4.38. The third-order valence-electron chi connectivity index (χ3n) is 2.87. The van der Waals surface area contributed by atoms with E-state index >= 15 is 0 Å². The van der Waals surface area contributed by atoms with Crippen LogP contribution in [-0.2, 0) is 0 Å². The maximum atomic E-state index is 11.4. The predicted octanol–water partition coefficient (Wildman–Crippen LogP) is 3.98. The number of aromatic nitrogens is 3. The fourth-order valence-corrected chi connectivity index (χ4v) is 2.12. The second-order valence-corrected chi connectivity index (χ2v) is 5.55. The first-order valence-corrected chi connectivity index (χ1v) is 7.45. The molecule has 0 atom stereocenters. The van der Waals surface area contributed by atoms with Gasteiger partial charge >= 0.3 is 11.6 Å². The molecule has 1 N–H and O–H groups in total. The summed E-state index contributed by atoms with van der Waals surface area (Å²) in [6.45, 7) is 1.70. The maximum absolute atomic E-state index is 11.4. The fraction of sp³-hybridized carbons (Fsp3) is 0.0714. The van der Waals surface area contributed by atoms with Gasteiger partial charge in [-0.1, -0.05) is 21.1 Å². The lowest BCUT2D eigenvalue weighted by atomic mass is 10.3. The van der Waals surface area contributed by atoms with Crippen molar-refractivity contribution in [2.24, 2.45) is 0 Å². The minimum atomic E-state index is -0.622. The molecule has 0 amide bonds. The number of hydrogen-bond donors (Lipinski definition) is 1. The van der Waals surface area contributed by atoms with Gasteiger partial charge in [0.15, 0.2) is 5.82 Å². The number of benzene rings is 1. The fourth-order valence-electron chi connectivity index (χ4n) is 1.85. The molecule has 9 nitrogen and oxygen atoms in total. The van der Waals surface area contributed by atoms with Gasteiger partial charge in [-0.3, -0.25) is 10.1 Å². The van der Waals surface area contributed by atoms with Crippen molar-refractivity contribution in [1.82, 2.24) is 15.1 Å². The highest BCUT2D eigenvalue weighted by Gasteiger charge is 2.25. The Labute approximate surface area is 143 Å². The first-order valence-electron chi connectivity index (χ1n) is 6.66. The van der Waals surface area contributed by atoms with Gasteiger partial charge < -0.3 is 14.6 Å². The standard InChI is InChI=1S/C14H10BrN5O4/c1-8-6-11(19-24-8)18-13-12(20(21)22)14(17-7-16-13)23-10-4-2-9(15)3-5-10/h2-7H,1H3,(H,16,17,18,19). The quantitative estimate of drug-likeness (QED) is 0.512. The van der Waals surface area contributed by atoms with Crippen LogP contribution >= 0.6 is 15.9 Å². The Bertz CT molecular complexity index is 881. The highest BCUT2D eigenvalue weighted by atomic mass is 79.9. The van der Waals surface area contributed by atoms with Crippen molar-refractivity contribution in [3.63, 3.8) is 0 Å². The Morgan fingerprint density at radius 3 is 2.67 bits per heavy atom. The lowest BCUT2D eigenvalue weighted by Crippen LogP contribution is -2.03. The number of rotatable bonds is 5. The summed E-state index contributed by atoms with van der Waals surface area (Å²) in [4.78, 5) is 18.6. The molecule has 3 rings (SSSR count). The molecule has 0 saturated heterocycles. The largest absolute Gasteiger partial charge is 0.434 e. The van der Waals surface area contributed by atoms with Gasteiger partial charge in [-0.25, -0.2) is 4.98 Å². The van der Waals surface area contributed by atoms with Gasteiger partial charge in [-0.2, -0.15) is 4.98 Å². The Balaban J connectivity index is 1.95. The molecule has 3 aromatic rings. The average Bonchev–Trinajstić information content (AvgIpc) is 2.94. The summed E-state index contributed by atoms with van der Waals surface area (Å²) in [5.41, 5.74) is -0.402. The molecule has 122 valence electrons. The van der Waals surface area contributed by atoms with Crippen LogP contribution in [0.2, 0.25) is 0 Å². The number of nitrogens with one attached hydrogen (secondary N) is 1. The summed E-state index contributed by atoms with van der Waals surface area (Å²) in [7, 11) is 0. The number of hydrogen-bond acceptors (Lipinski definition) is 8. The van der Waals surface area contributed by atoms with Gasteiger partial charge in [0.05, 0.1) is 4.92 Å². The first kappa shape index (κ1) is 15.9. The topological polar surface area (TPSA) is 116 Å². The molecular weight excluding hydrogens is 382 g/mol. The molecule has 24 heavy (non-hydrogen) atoms. The minimum absolute atomic E-state index is 0.0459. The normalized spacial score (nSPS) is 10.4. The Morgan fingerprint density at radius 2 is 2.04 bits per heavy atom. The lowest BCUT2D eigenvalue weighted by molar-refractivity contribution is -0.385. The second-order valence-electron chi connectivity index (χ2n) is 4.64. The van der Waals surface area contributed by atoms with Crippen LogP contribution < -0.4 is 10.1 Å². The van der Waals surface area contributed by atoms with E-state index in [0.29, 0.717) is 17.3 Å². The van der Waals surface area contributed by atoms with Crippen molar-refractivity contribution >= 4 is 33.3 Å². The molecule has 2 aromatic heterocycles. The highest BCUT2D eigenvalue weighted by molar-refractivity contribution is 9.10. The molecule has 0 unspecified atom stereocenters. The van der Waals surface area contributed by atoms with Crippen LogP contribution in [0.15, 0.2) is 45.7 Å². The van der Waals surface area contributed by atoms with E-state index in [9.17, 15) is 10.1 Å². The maximum Gasteiger partial charge on any atom is 0.373 e. The van der Waals surface area contributed by atoms with Crippen molar-refractivity contribution < 1.29 is 14.2 Å². The summed E-state index contributed by atoms with van der Waals surface area (Å²) >= 11 is 3.30. The van der Waals surface area contributed by atoms with Gasteiger partial charge in [0.2, 0.25) is 5.82 Å². The zero-order chi connectivity index (χ0) is 17.1. The number of nitrogens with zero attached hydrogens (tertiary/aromatic N) is 4. The van der Waals surface area contributed by atoms with Gasteiger partial charge in [0.25, 0.3) is 0 Å². The van der Waals surface area contributed by atoms with E-state index in [1.54, 1.807) is 37.3 Å². The van der Waals surface area contributed by atoms with Crippen LogP contribution in [0.1, 0.15) is 5.76 Å². The van der Waals surface area contributed by atoms with Crippen LogP contribution in [0, 0.1) is 17.0 Å². The van der Waals surface area contributed by atoms with Crippen molar-refractivity contribution in [3.05, 3.63) is 57.0 Å². The van der Waals surface area contributed by atoms with E-state index in [-0.39, 0.29) is 11.7 Å². The van der Waals surface area contributed by atoms with Crippen LogP contribution in [0.25, 0.3) is 0 Å². The summed E-state index contributed by atoms with van der Waals surface area (Å²) in [6, 6.07) is 8.40. The number of ether oxygens (including phenoxy) is 1. The highest BCUT2D eigenvalue weighted by Crippen LogP contribution is 2.35. The Hall–Kier alpha value is -3.01. The summed E-state index contributed by atoms with van der Waals surface area (Å²) < 4.78 is 11.3.